The smallest absolute Gasteiger partial charge is 0.0586 e. The van der Waals surface area contributed by atoms with Gasteiger partial charge in [0.05, 0.1) is 8.07 Å². The third-order valence-electron chi connectivity index (χ3n) is 3.73. The van der Waals surface area contributed by atoms with Crippen molar-refractivity contribution in [2.75, 3.05) is 0 Å². The summed E-state index contributed by atoms with van der Waals surface area (Å²) in [7, 11) is -0.950. The summed E-state index contributed by atoms with van der Waals surface area (Å²) in [6.07, 6.45) is 2.78. The lowest BCUT2D eigenvalue weighted by atomic mass is 10.5. The molecule has 0 aromatic heterocycles. The van der Waals surface area contributed by atoms with E-state index in [1.807, 2.05) is 0 Å². The van der Waals surface area contributed by atoms with E-state index in [4.69, 9.17) is 0 Å². The third kappa shape index (κ3) is 3.12. The minimum Gasteiger partial charge on any atom is -0.0656 e. The fourth-order valence-corrected chi connectivity index (χ4v) is 8.63. The van der Waals surface area contributed by atoms with Gasteiger partial charge in [-0.3, -0.25) is 0 Å². The van der Waals surface area contributed by atoms with Crippen molar-refractivity contribution in [3.05, 3.63) is 0 Å². The molecule has 0 aromatic carbocycles. The van der Waals surface area contributed by atoms with E-state index >= 15 is 0 Å². The van der Waals surface area contributed by atoms with Gasteiger partial charge in [-0.25, -0.2) is 0 Å². The Kier molecular flexibility index (Phi) is 5.94. The molecule has 0 atom stereocenters. The molecular formula is C12H28Si. The maximum absolute atomic E-state index is 2.46. The standard InChI is InChI=1S/C12H28Si/c1-7-9-13(10-8-2,11(3)4)12(5)6/h11-12H,7-10H2,1-6H3. The predicted molar refractivity (Wildman–Crippen MR) is 66.1 cm³/mol. The lowest BCUT2D eigenvalue weighted by Crippen LogP contribution is -2.40. The van der Waals surface area contributed by atoms with Crippen molar-refractivity contribution in [2.45, 2.75) is 77.6 Å². The van der Waals surface area contributed by atoms with Gasteiger partial charge in [-0.2, -0.15) is 0 Å². The lowest BCUT2D eigenvalue weighted by molar-refractivity contribution is 0.815. The SMILES string of the molecule is CCC[Si](CCC)(C(C)C)C(C)C. The number of hydrogen-bond acceptors (Lipinski definition) is 0. The van der Waals surface area contributed by atoms with E-state index in [-0.39, 0.29) is 0 Å². The zero-order valence-corrected chi connectivity index (χ0v) is 11.5. The molecule has 0 unspecified atom stereocenters. The van der Waals surface area contributed by atoms with Crippen LogP contribution in [0.4, 0.5) is 0 Å². The summed E-state index contributed by atoms with van der Waals surface area (Å²) >= 11 is 0. The summed E-state index contributed by atoms with van der Waals surface area (Å²) in [6, 6.07) is 3.08. The van der Waals surface area contributed by atoms with Crippen LogP contribution in [-0.4, -0.2) is 8.07 Å². The second kappa shape index (κ2) is 5.84. The molecule has 0 rings (SSSR count). The number of rotatable bonds is 6. The Morgan fingerprint density at radius 2 is 1.08 bits per heavy atom. The summed E-state index contributed by atoms with van der Waals surface area (Å²) in [5, 5.41) is 0. The summed E-state index contributed by atoms with van der Waals surface area (Å²) < 4.78 is 0. The van der Waals surface area contributed by atoms with E-state index < -0.39 is 8.07 Å². The van der Waals surface area contributed by atoms with Crippen molar-refractivity contribution in [1.82, 2.24) is 0 Å². The second-order valence-electron chi connectivity index (χ2n) is 5.04. The first-order chi connectivity index (χ1) is 6.01. The van der Waals surface area contributed by atoms with Gasteiger partial charge in [-0.1, -0.05) is 77.6 Å². The summed E-state index contributed by atoms with van der Waals surface area (Å²) in [6.45, 7) is 14.5. The van der Waals surface area contributed by atoms with Crippen molar-refractivity contribution in [2.24, 2.45) is 0 Å². The van der Waals surface area contributed by atoms with Crippen LogP contribution in [0.15, 0.2) is 0 Å². The minimum atomic E-state index is -0.950. The molecule has 1 heteroatoms. The summed E-state index contributed by atoms with van der Waals surface area (Å²) in [5.74, 6) is 0. The van der Waals surface area contributed by atoms with Crippen molar-refractivity contribution in [1.29, 1.82) is 0 Å². The van der Waals surface area contributed by atoms with Gasteiger partial charge in [0.25, 0.3) is 0 Å². The average molecular weight is 200 g/mol. The van der Waals surface area contributed by atoms with Crippen LogP contribution in [0.2, 0.25) is 23.2 Å². The monoisotopic (exact) mass is 200 g/mol. The van der Waals surface area contributed by atoms with E-state index in [0.717, 1.165) is 11.1 Å². The maximum atomic E-state index is 2.46. The zero-order valence-electron chi connectivity index (χ0n) is 10.5. The molecule has 0 aromatic rings. The molecule has 0 N–H and O–H groups in total. The first-order valence-electron chi connectivity index (χ1n) is 6.01. The van der Waals surface area contributed by atoms with Gasteiger partial charge in [-0.05, 0) is 0 Å². The molecular weight excluding hydrogens is 172 g/mol. The molecule has 0 aliphatic heterocycles. The normalized spacial score (nSPS) is 12.9. The van der Waals surface area contributed by atoms with Crippen LogP contribution >= 0.6 is 0 Å². The highest BCUT2D eigenvalue weighted by Gasteiger charge is 2.37. The zero-order chi connectivity index (χ0) is 10.5. The van der Waals surface area contributed by atoms with Crippen LogP contribution in [0.1, 0.15) is 54.4 Å². The van der Waals surface area contributed by atoms with Gasteiger partial charge in [0.1, 0.15) is 0 Å². The highest BCUT2D eigenvalue weighted by atomic mass is 28.3. The molecule has 0 fully saturated rings. The Bertz CT molecular complexity index is 111. The van der Waals surface area contributed by atoms with Crippen LogP contribution in [0.25, 0.3) is 0 Å². The molecule has 0 radical (unpaired) electrons. The first-order valence-corrected chi connectivity index (χ1v) is 8.58. The summed E-state index contributed by atoms with van der Waals surface area (Å²) in [5.41, 5.74) is 1.93. The topological polar surface area (TPSA) is 0 Å². The van der Waals surface area contributed by atoms with Gasteiger partial charge in [0, 0.05) is 0 Å². The fraction of sp³-hybridized carbons (Fsp3) is 1.00. The Hall–Kier alpha value is 0.217. The summed E-state index contributed by atoms with van der Waals surface area (Å²) in [4.78, 5) is 0. The molecule has 0 nitrogen and oxygen atoms in total. The van der Waals surface area contributed by atoms with E-state index in [2.05, 4.69) is 41.5 Å². The Labute approximate surface area is 86.1 Å². The van der Waals surface area contributed by atoms with Crippen molar-refractivity contribution >= 4 is 8.07 Å². The molecule has 0 saturated carbocycles. The minimum absolute atomic E-state index is 0.950. The van der Waals surface area contributed by atoms with Gasteiger partial charge in [0.15, 0.2) is 0 Å². The molecule has 13 heavy (non-hydrogen) atoms. The molecule has 0 saturated heterocycles. The largest absolute Gasteiger partial charge is 0.0656 e. The van der Waals surface area contributed by atoms with E-state index in [1.165, 1.54) is 24.9 Å². The highest BCUT2D eigenvalue weighted by molar-refractivity contribution is 6.82. The second-order valence-corrected chi connectivity index (χ2v) is 10.8. The molecule has 0 bridgehead atoms. The van der Waals surface area contributed by atoms with E-state index in [9.17, 15) is 0 Å². The van der Waals surface area contributed by atoms with Gasteiger partial charge in [-0.15, -0.1) is 0 Å². The van der Waals surface area contributed by atoms with Crippen LogP contribution < -0.4 is 0 Å². The predicted octanol–water partition coefficient (Wildman–Crippen LogP) is 5.08. The van der Waals surface area contributed by atoms with Gasteiger partial charge in [0.2, 0.25) is 0 Å². The van der Waals surface area contributed by atoms with E-state index in [0.29, 0.717) is 0 Å². The Morgan fingerprint density at radius 1 is 0.769 bits per heavy atom. The average Bonchev–Trinajstić information content (AvgIpc) is 2.03. The molecule has 80 valence electrons. The van der Waals surface area contributed by atoms with Crippen molar-refractivity contribution in [3.63, 3.8) is 0 Å². The van der Waals surface area contributed by atoms with Gasteiger partial charge >= 0.3 is 0 Å². The molecule has 0 spiro atoms. The molecule has 0 amide bonds. The van der Waals surface area contributed by atoms with E-state index in [1.54, 1.807) is 0 Å². The first kappa shape index (κ1) is 13.2. The van der Waals surface area contributed by atoms with Crippen molar-refractivity contribution < 1.29 is 0 Å². The van der Waals surface area contributed by atoms with Gasteiger partial charge < -0.3 is 0 Å². The highest BCUT2D eigenvalue weighted by Crippen LogP contribution is 2.40. The van der Waals surface area contributed by atoms with Crippen LogP contribution in [0.3, 0.4) is 0 Å². The molecule has 0 heterocycles. The van der Waals surface area contributed by atoms with Crippen LogP contribution in [0, 0.1) is 0 Å². The lowest BCUT2D eigenvalue weighted by Gasteiger charge is -2.39. The molecule has 0 aliphatic rings. The Morgan fingerprint density at radius 3 is 1.23 bits per heavy atom. The number of hydrogen-bond donors (Lipinski definition) is 0. The maximum Gasteiger partial charge on any atom is 0.0586 e. The van der Waals surface area contributed by atoms with Crippen molar-refractivity contribution in [3.8, 4) is 0 Å². The molecule has 0 aliphatic carbocycles. The van der Waals surface area contributed by atoms with Crippen LogP contribution in [0.5, 0.6) is 0 Å². The quantitative estimate of drug-likeness (QED) is 0.525. The Balaban J connectivity index is 4.59. The van der Waals surface area contributed by atoms with Crippen LogP contribution in [-0.2, 0) is 0 Å². The fourth-order valence-electron chi connectivity index (χ4n) is 2.88. The third-order valence-corrected chi connectivity index (χ3v) is 11.2.